The highest BCUT2D eigenvalue weighted by molar-refractivity contribution is 5.76. The molecule has 1 aliphatic carbocycles. The van der Waals surface area contributed by atoms with Crippen LogP contribution < -0.4 is 0 Å². The van der Waals surface area contributed by atoms with Crippen molar-refractivity contribution >= 4 is 5.97 Å². The van der Waals surface area contributed by atoms with Crippen LogP contribution in [0.5, 0.6) is 0 Å². The topological polar surface area (TPSA) is 63.3 Å². The number of fused-ring (bicyclic) bond motifs is 1. The van der Waals surface area contributed by atoms with Gasteiger partial charge in [-0.2, -0.15) is 0 Å². The third kappa shape index (κ3) is 1.22. The van der Waals surface area contributed by atoms with Crippen molar-refractivity contribution in [2.75, 3.05) is 0 Å². The summed E-state index contributed by atoms with van der Waals surface area (Å²) in [5.74, 6) is -0.638. The van der Waals surface area contributed by atoms with Gasteiger partial charge in [0, 0.05) is 5.56 Å². The lowest BCUT2D eigenvalue weighted by molar-refractivity contribution is -0.140. The lowest BCUT2D eigenvalue weighted by atomic mass is 9.80. The highest BCUT2D eigenvalue weighted by atomic mass is 16.5. The normalized spacial score (nSPS) is 26.8. The Labute approximate surface area is 75.5 Å². The Bertz CT molecular complexity index is 331. The third-order valence-corrected chi connectivity index (χ3v) is 2.66. The van der Waals surface area contributed by atoms with Gasteiger partial charge in [-0.05, 0) is 18.8 Å². The highest BCUT2D eigenvalue weighted by Crippen LogP contribution is 2.35. The Morgan fingerprint density at radius 1 is 1.77 bits per heavy atom. The van der Waals surface area contributed by atoms with Gasteiger partial charge in [0.1, 0.15) is 5.92 Å². The van der Waals surface area contributed by atoms with E-state index in [2.05, 4.69) is 5.16 Å². The molecule has 1 heterocycles. The van der Waals surface area contributed by atoms with Gasteiger partial charge in [0.15, 0.2) is 5.76 Å². The van der Waals surface area contributed by atoms with Crippen LogP contribution in [0.15, 0.2) is 10.7 Å². The number of carboxylic acids is 1. The summed E-state index contributed by atoms with van der Waals surface area (Å²) < 4.78 is 4.97. The van der Waals surface area contributed by atoms with Gasteiger partial charge < -0.3 is 9.63 Å². The van der Waals surface area contributed by atoms with Gasteiger partial charge in [0.25, 0.3) is 0 Å². The van der Waals surface area contributed by atoms with Crippen LogP contribution in [0, 0.1) is 5.92 Å². The fourth-order valence-electron chi connectivity index (χ4n) is 1.88. The van der Waals surface area contributed by atoms with Crippen molar-refractivity contribution in [2.24, 2.45) is 5.92 Å². The Morgan fingerprint density at radius 3 is 3.23 bits per heavy atom. The van der Waals surface area contributed by atoms with E-state index in [1.807, 2.05) is 6.92 Å². The summed E-state index contributed by atoms with van der Waals surface area (Å²) in [7, 11) is 0. The van der Waals surface area contributed by atoms with E-state index in [1.165, 1.54) is 0 Å². The van der Waals surface area contributed by atoms with Crippen LogP contribution >= 0.6 is 0 Å². The Balaban J connectivity index is 2.41. The fraction of sp³-hybridized carbons (Fsp3) is 0.556. The molecule has 13 heavy (non-hydrogen) atoms. The minimum atomic E-state index is -0.815. The molecule has 1 aromatic heterocycles. The summed E-state index contributed by atoms with van der Waals surface area (Å²) in [6.45, 7) is 1.93. The highest BCUT2D eigenvalue weighted by Gasteiger charge is 2.35. The minimum absolute atomic E-state index is 0.137. The first kappa shape index (κ1) is 8.29. The van der Waals surface area contributed by atoms with E-state index < -0.39 is 11.9 Å². The molecule has 2 unspecified atom stereocenters. The molecular formula is C9H11NO3. The molecule has 0 bridgehead atoms. The number of nitrogens with zero attached hydrogens (tertiary/aromatic N) is 1. The van der Waals surface area contributed by atoms with Crippen LogP contribution in [0.25, 0.3) is 0 Å². The number of carboxylic acid groups (broad SMARTS) is 1. The molecule has 2 atom stereocenters. The van der Waals surface area contributed by atoms with Crippen molar-refractivity contribution in [2.45, 2.75) is 25.7 Å². The maximum absolute atomic E-state index is 10.9. The van der Waals surface area contributed by atoms with Crippen molar-refractivity contribution in [3.8, 4) is 0 Å². The van der Waals surface area contributed by atoms with Gasteiger partial charge in [-0.3, -0.25) is 4.79 Å². The molecule has 4 nitrogen and oxygen atoms in total. The molecule has 4 heteroatoms. The molecule has 0 amide bonds. The second kappa shape index (κ2) is 2.87. The van der Waals surface area contributed by atoms with Crippen molar-refractivity contribution in [1.82, 2.24) is 5.16 Å². The van der Waals surface area contributed by atoms with Crippen LogP contribution in [0.1, 0.15) is 30.6 Å². The number of aromatic nitrogens is 1. The first-order chi connectivity index (χ1) is 6.20. The molecule has 0 aliphatic heterocycles. The number of aryl methyl sites for hydroxylation is 1. The van der Waals surface area contributed by atoms with Gasteiger partial charge in [-0.15, -0.1) is 0 Å². The quantitative estimate of drug-likeness (QED) is 0.711. The van der Waals surface area contributed by atoms with Gasteiger partial charge in [0.05, 0.1) is 6.20 Å². The summed E-state index contributed by atoms with van der Waals surface area (Å²) >= 11 is 0. The molecule has 2 rings (SSSR count). The van der Waals surface area contributed by atoms with Crippen LogP contribution in [-0.4, -0.2) is 16.2 Å². The average Bonchev–Trinajstić information content (AvgIpc) is 2.50. The molecule has 0 radical (unpaired) electrons. The second-order valence-electron chi connectivity index (χ2n) is 3.55. The maximum atomic E-state index is 10.9. The smallest absolute Gasteiger partial charge is 0.314 e. The number of rotatable bonds is 1. The zero-order valence-electron chi connectivity index (χ0n) is 7.36. The van der Waals surface area contributed by atoms with E-state index in [1.54, 1.807) is 6.20 Å². The largest absolute Gasteiger partial charge is 0.481 e. The van der Waals surface area contributed by atoms with Gasteiger partial charge >= 0.3 is 5.97 Å². The Hall–Kier alpha value is -1.32. The lowest BCUT2D eigenvalue weighted by Gasteiger charge is -2.22. The van der Waals surface area contributed by atoms with Crippen molar-refractivity contribution in [3.63, 3.8) is 0 Å². The van der Waals surface area contributed by atoms with E-state index in [4.69, 9.17) is 9.63 Å². The summed E-state index contributed by atoms with van der Waals surface area (Å²) in [6.07, 6.45) is 3.39. The van der Waals surface area contributed by atoms with Crippen molar-refractivity contribution in [1.29, 1.82) is 0 Å². The molecule has 0 aromatic carbocycles. The third-order valence-electron chi connectivity index (χ3n) is 2.66. The first-order valence-corrected chi connectivity index (χ1v) is 4.36. The molecule has 0 spiro atoms. The SMILES string of the molecule is CC1CCc2cnoc2C1C(=O)O. The van der Waals surface area contributed by atoms with Crippen LogP contribution in [0.4, 0.5) is 0 Å². The number of carbonyl (C=O) groups is 1. The fourth-order valence-corrected chi connectivity index (χ4v) is 1.88. The molecule has 1 N–H and O–H groups in total. The Kier molecular flexibility index (Phi) is 1.83. The minimum Gasteiger partial charge on any atom is -0.481 e. The number of aliphatic carboxylic acids is 1. The van der Waals surface area contributed by atoms with Crippen LogP contribution in [0.3, 0.4) is 0 Å². The summed E-state index contributed by atoms with van der Waals surface area (Å²) in [4.78, 5) is 10.9. The zero-order chi connectivity index (χ0) is 9.42. The van der Waals surface area contributed by atoms with E-state index in [0.717, 1.165) is 18.4 Å². The summed E-state index contributed by atoms with van der Waals surface area (Å²) in [5, 5.41) is 12.6. The molecule has 0 saturated carbocycles. The van der Waals surface area contributed by atoms with Crippen LogP contribution in [-0.2, 0) is 11.2 Å². The molecule has 1 aliphatic rings. The van der Waals surface area contributed by atoms with Crippen LogP contribution in [0.2, 0.25) is 0 Å². The van der Waals surface area contributed by atoms with E-state index in [-0.39, 0.29) is 5.92 Å². The summed E-state index contributed by atoms with van der Waals surface area (Å²) in [6, 6.07) is 0. The van der Waals surface area contributed by atoms with E-state index in [0.29, 0.717) is 5.76 Å². The zero-order valence-corrected chi connectivity index (χ0v) is 7.36. The average molecular weight is 181 g/mol. The monoisotopic (exact) mass is 181 g/mol. The second-order valence-corrected chi connectivity index (χ2v) is 3.55. The van der Waals surface area contributed by atoms with Gasteiger partial charge in [-0.25, -0.2) is 0 Å². The van der Waals surface area contributed by atoms with Crippen molar-refractivity contribution < 1.29 is 14.4 Å². The Morgan fingerprint density at radius 2 is 2.54 bits per heavy atom. The summed E-state index contributed by atoms with van der Waals surface area (Å²) in [5.41, 5.74) is 0.950. The molecule has 0 saturated heterocycles. The van der Waals surface area contributed by atoms with Crippen molar-refractivity contribution in [3.05, 3.63) is 17.5 Å². The maximum Gasteiger partial charge on any atom is 0.314 e. The standard InChI is InChI=1S/C9H11NO3/c1-5-2-3-6-4-10-13-8(6)7(5)9(11)12/h4-5,7H,2-3H2,1H3,(H,11,12). The van der Waals surface area contributed by atoms with Gasteiger partial charge in [0.2, 0.25) is 0 Å². The molecular weight excluding hydrogens is 170 g/mol. The predicted octanol–water partition coefficient (Wildman–Crippen LogP) is 1.43. The first-order valence-electron chi connectivity index (χ1n) is 4.36. The van der Waals surface area contributed by atoms with Gasteiger partial charge in [-0.1, -0.05) is 12.1 Å². The van der Waals surface area contributed by atoms with E-state index in [9.17, 15) is 4.79 Å². The lowest BCUT2D eigenvalue weighted by Crippen LogP contribution is -2.24. The predicted molar refractivity (Wildman–Crippen MR) is 44.4 cm³/mol. The molecule has 70 valence electrons. The molecule has 0 fully saturated rings. The molecule has 1 aromatic rings. The van der Waals surface area contributed by atoms with E-state index >= 15 is 0 Å². The number of hydrogen-bond donors (Lipinski definition) is 1. The number of hydrogen-bond acceptors (Lipinski definition) is 3.